The molecule has 0 spiro atoms. The zero-order valence-electron chi connectivity index (χ0n) is 16.3. The van der Waals surface area contributed by atoms with Crippen molar-refractivity contribution >= 4 is 0 Å². The average molecular weight is 358 g/mol. The Morgan fingerprint density at radius 2 is 2.19 bits per heavy atom. The van der Waals surface area contributed by atoms with Crippen molar-refractivity contribution in [3.8, 4) is 0 Å². The summed E-state index contributed by atoms with van der Waals surface area (Å²) < 4.78 is 1.99. The maximum absolute atomic E-state index is 11.8. The lowest BCUT2D eigenvalue weighted by molar-refractivity contribution is 0.0866. The van der Waals surface area contributed by atoms with Crippen LogP contribution in [0, 0.1) is 5.92 Å². The maximum Gasteiger partial charge on any atom is 0.251 e. The van der Waals surface area contributed by atoms with Crippen molar-refractivity contribution in [2.75, 3.05) is 27.2 Å². The minimum absolute atomic E-state index is 0.0644. The van der Waals surface area contributed by atoms with Crippen LogP contribution < -0.4 is 5.56 Å². The molecule has 3 rings (SSSR count). The van der Waals surface area contributed by atoms with Gasteiger partial charge in [-0.15, -0.1) is 0 Å². The first-order valence-electron chi connectivity index (χ1n) is 9.43. The first-order valence-corrected chi connectivity index (χ1v) is 9.43. The number of aryl methyl sites for hydroxylation is 2. The van der Waals surface area contributed by atoms with E-state index in [1.54, 1.807) is 6.07 Å². The molecular formula is C19H30N6O. The molecule has 1 aliphatic rings. The first kappa shape index (κ1) is 18.8. The van der Waals surface area contributed by atoms with E-state index in [-0.39, 0.29) is 5.56 Å². The molecule has 2 aromatic rings. The van der Waals surface area contributed by atoms with E-state index in [1.165, 1.54) is 18.5 Å². The number of piperidine rings is 1. The van der Waals surface area contributed by atoms with Crippen LogP contribution in [0.25, 0.3) is 0 Å². The van der Waals surface area contributed by atoms with Gasteiger partial charge in [-0.05, 0) is 51.9 Å². The van der Waals surface area contributed by atoms with E-state index < -0.39 is 0 Å². The number of rotatable bonds is 6. The van der Waals surface area contributed by atoms with Gasteiger partial charge in [0.25, 0.3) is 5.56 Å². The molecule has 1 saturated heterocycles. The smallest absolute Gasteiger partial charge is 0.251 e. The Morgan fingerprint density at radius 3 is 2.88 bits per heavy atom. The number of hydrogen-bond donors (Lipinski definition) is 1. The second-order valence-electron chi connectivity index (χ2n) is 7.44. The fourth-order valence-electron chi connectivity index (χ4n) is 4.13. The highest BCUT2D eigenvalue weighted by Gasteiger charge is 2.33. The van der Waals surface area contributed by atoms with Crippen LogP contribution in [0.3, 0.4) is 0 Å². The summed E-state index contributed by atoms with van der Waals surface area (Å²) in [5.74, 6) is 1.27. The summed E-state index contributed by atoms with van der Waals surface area (Å²) in [5.41, 5.74) is 2.05. The standard InChI is InChI=1S/C19H30N6O/c1-5-15-11-18(26)22-17(21-15)13-23(2)12-14-7-6-10-24(3)19(14)16-8-9-20-25(16)4/h8-9,11,14,19H,5-7,10,12-13H2,1-4H3,(H,21,22,26)/t14-,19+/m0/s1. The molecule has 26 heavy (non-hydrogen) atoms. The van der Waals surface area contributed by atoms with E-state index in [4.69, 9.17) is 0 Å². The van der Waals surface area contributed by atoms with Gasteiger partial charge in [-0.1, -0.05) is 6.92 Å². The number of aromatic amines is 1. The molecular weight excluding hydrogens is 328 g/mol. The average Bonchev–Trinajstić information content (AvgIpc) is 3.00. The van der Waals surface area contributed by atoms with Crippen LogP contribution in [0.4, 0.5) is 0 Å². The highest BCUT2D eigenvalue weighted by atomic mass is 16.1. The third kappa shape index (κ3) is 4.22. The molecule has 7 heteroatoms. The maximum atomic E-state index is 11.8. The number of likely N-dealkylation sites (tertiary alicyclic amines) is 1. The summed E-state index contributed by atoms with van der Waals surface area (Å²) in [6.07, 6.45) is 5.06. The van der Waals surface area contributed by atoms with Crippen molar-refractivity contribution in [2.24, 2.45) is 13.0 Å². The van der Waals surface area contributed by atoms with Crippen LogP contribution in [-0.4, -0.2) is 56.7 Å². The van der Waals surface area contributed by atoms with Gasteiger partial charge in [0, 0.05) is 31.5 Å². The summed E-state index contributed by atoms with van der Waals surface area (Å²) >= 11 is 0. The van der Waals surface area contributed by atoms with Crippen molar-refractivity contribution in [2.45, 2.75) is 38.8 Å². The molecule has 0 amide bonds. The Labute approximate surface area is 155 Å². The monoisotopic (exact) mass is 358 g/mol. The van der Waals surface area contributed by atoms with Crippen LogP contribution in [0.1, 0.15) is 43.0 Å². The van der Waals surface area contributed by atoms with E-state index in [2.05, 4.69) is 45.0 Å². The second-order valence-corrected chi connectivity index (χ2v) is 7.44. The zero-order valence-corrected chi connectivity index (χ0v) is 16.3. The Kier molecular flexibility index (Phi) is 5.88. The van der Waals surface area contributed by atoms with Gasteiger partial charge in [0.05, 0.1) is 18.3 Å². The SMILES string of the molecule is CCc1cc(=O)[nH]c(CN(C)C[C@@H]2CCCN(C)[C@H]2c2ccnn2C)n1. The molecule has 142 valence electrons. The molecule has 1 fully saturated rings. The van der Waals surface area contributed by atoms with Crippen molar-refractivity contribution in [1.82, 2.24) is 29.5 Å². The number of H-pyrrole nitrogens is 1. The van der Waals surface area contributed by atoms with Gasteiger partial charge in [0.2, 0.25) is 0 Å². The fourth-order valence-corrected chi connectivity index (χ4v) is 4.13. The van der Waals surface area contributed by atoms with Crippen LogP contribution in [0.5, 0.6) is 0 Å². The quantitative estimate of drug-likeness (QED) is 0.849. The molecule has 2 aromatic heterocycles. The molecule has 2 atom stereocenters. The van der Waals surface area contributed by atoms with Crippen LogP contribution in [0.2, 0.25) is 0 Å². The largest absolute Gasteiger partial charge is 0.309 e. The Balaban J connectivity index is 1.72. The second kappa shape index (κ2) is 8.14. The predicted molar refractivity (Wildman–Crippen MR) is 102 cm³/mol. The highest BCUT2D eigenvalue weighted by Crippen LogP contribution is 2.35. The van der Waals surface area contributed by atoms with E-state index in [9.17, 15) is 4.79 Å². The van der Waals surface area contributed by atoms with E-state index >= 15 is 0 Å². The lowest BCUT2D eigenvalue weighted by Gasteiger charge is -2.40. The molecule has 1 aliphatic heterocycles. The van der Waals surface area contributed by atoms with E-state index in [0.29, 0.717) is 18.5 Å². The highest BCUT2D eigenvalue weighted by molar-refractivity contribution is 5.10. The minimum atomic E-state index is -0.0644. The molecule has 3 heterocycles. The Bertz CT molecular complexity index is 782. The predicted octanol–water partition coefficient (Wildman–Crippen LogP) is 1.58. The van der Waals surface area contributed by atoms with Gasteiger partial charge in [-0.3, -0.25) is 19.3 Å². The lowest BCUT2D eigenvalue weighted by Crippen LogP contribution is -2.41. The summed E-state index contributed by atoms with van der Waals surface area (Å²) in [5, 5.41) is 4.36. The molecule has 0 unspecified atom stereocenters. The molecule has 0 aromatic carbocycles. The minimum Gasteiger partial charge on any atom is -0.309 e. The zero-order chi connectivity index (χ0) is 18.7. The molecule has 1 N–H and O–H groups in total. The van der Waals surface area contributed by atoms with E-state index in [1.807, 2.05) is 24.9 Å². The summed E-state index contributed by atoms with van der Waals surface area (Å²) in [6.45, 7) is 4.75. The van der Waals surface area contributed by atoms with Gasteiger partial charge in [0.1, 0.15) is 5.82 Å². The third-order valence-corrected chi connectivity index (χ3v) is 5.34. The summed E-state index contributed by atoms with van der Waals surface area (Å²) in [4.78, 5) is 23.9. The Hall–Kier alpha value is -1.99. The normalized spacial score (nSPS) is 21.4. The molecule has 0 aliphatic carbocycles. The van der Waals surface area contributed by atoms with Crippen LogP contribution in [0.15, 0.2) is 23.1 Å². The van der Waals surface area contributed by atoms with E-state index in [0.717, 1.165) is 31.0 Å². The summed E-state index contributed by atoms with van der Waals surface area (Å²) in [6, 6.07) is 4.08. The fraction of sp³-hybridized carbons (Fsp3) is 0.632. The van der Waals surface area contributed by atoms with Crippen molar-refractivity contribution < 1.29 is 0 Å². The Morgan fingerprint density at radius 1 is 1.38 bits per heavy atom. The van der Waals surface area contributed by atoms with Crippen LogP contribution >= 0.6 is 0 Å². The number of aromatic nitrogens is 4. The van der Waals surface area contributed by atoms with Gasteiger partial charge < -0.3 is 4.98 Å². The van der Waals surface area contributed by atoms with Crippen molar-refractivity contribution in [1.29, 1.82) is 0 Å². The first-order chi connectivity index (χ1) is 12.5. The van der Waals surface area contributed by atoms with Gasteiger partial charge in [-0.2, -0.15) is 5.10 Å². The number of hydrogen-bond acceptors (Lipinski definition) is 5. The molecule has 0 bridgehead atoms. The number of nitrogens with zero attached hydrogens (tertiary/aromatic N) is 5. The molecule has 7 nitrogen and oxygen atoms in total. The van der Waals surface area contributed by atoms with Crippen molar-refractivity contribution in [3.63, 3.8) is 0 Å². The molecule has 0 saturated carbocycles. The van der Waals surface area contributed by atoms with Crippen molar-refractivity contribution in [3.05, 3.63) is 45.9 Å². The molecule has 0 radical (unpaired) electrons. The summed E-state index contributed by atoms with van der Waals surface area (Å²) in [7, 11) is 6.32. The van der Waals surface area contributed by atoms with Crippen LogP contribution in [-0.2, 0) is 20.0 Å². The lowest BCUT2D eigenvalue weighted by atomic mass is 9.87. The third-order valence-electron chi connectivity index (χ3n) is 5.34. The van der Waals surface area contributed by atoms with Gasteiger partial charge >= 0.3 is 0 Å². The van der Waals surface area contributed by atoms with Gasteiger partial charge in [0.15, 0.2) is 0 Å². The van der Waals surface area contributed by atoms with Gasteiger partial charge in [-0.25, -0.2) is 4.98 Å². The number of nitrogens with one attached hydrogen (secondary N) is 1. The topological polar surface area (TPSA) is 70.1 Å².